The Balaban J connectivity index is 1.98. The quantitative estimate of drug-likeness (QED) is 0.643. The third kappa shape index (κ3) is 3.84. The Labute approximate surface area is 157 Å². The molecule has 1 N–H and O–H groups in total. The number of aromatic nitrogens is 1. The van der Waals surface area contributed by atoms with Crippen LogP contribution in [0.2, 0.25) is 0 Å². The molecule has 0 fully saturated rings. The van der Waals surface area contributed by atoms with Crippen molar-refractivity contribution in [3.63, 3.8) is 0 Å². The van der Waals surface area contributed by atoms with Gasteiger partial charge in [0.2, 0.25) is 5.89 Å². The standard InChI is InChI=1S/C21H20N2O4/c1-4-11-22-20(24)15-7-5-6-8-16(15)21-23-13-19(27-21)17-10-9-14(25-2)12-18(17)26-3/h4-10,12-13H,1,11H2,2-3H3,(H,22,24). The van der Waals surface area contributed by atoms with Gasteiger partial charge in [-0.25, -0.2) is 4.98 Å². The van der Waals surface area contributed by atoms with Crippen molar-refractivity contribution < 1.29 is 18.7 Å². The Morgan fingerprint density at radius 1 is 1.19 bits per heavy atom. The van der Waals surface area contributed by atoms with E-state index in [0.29, 0.717) is 40.8 Å². The molecule has 2 aromatic carbocycles. The molecule has 27 heavy (non-hydrogen) atoms. The van der Waals surface area contributed by atoms with Crippen LogP contribution in [0.15, 0.2) is 65.7 Å². The van der Waals surface area contributed by atoms with Gasteiger partial charge in [0, 0.05) is 18.2 Å². The number of carbonyl (C=O) groups excluding carboxylic acids is 1. The van der Waals surface area contributed by atoms with Gasteiger partial charge in [-0.2, -0.15) is 0 Å². The molecular weight excluding hydrogens is 344 g/mol. The minimum Gasteiger partial charge on any atom is -0.497 e. The highest BCUT2D eigenvalue weighted by molar-refractivity contribution is 6.00. The maximum absolute atomic E-state index is 12.4. The summed E-state index contributed by atoms with van der Waals surface area (Å²) in [6.45, 7) is 3.99. The molecule has 0 aliphatic carbocycles. The van der Waals surface area contributed by atoms with Crippen LogP contribution < -0.4 is 14.8 Å². The van der Waals surface area contributed by atoms with Gasteiger partial charge in [-0.3, -0.25) is 4.79 Å². The number of rotatable bonds is 7. The second kappa shape index (κ2) is 8.23. The van der Waals surface area contributed by atoms with Crippen molar-refractivity contribution in [2.45, 2.75) is 0 Å². The number of methoxy groups -OCH3 is 2. The zero-order valence-corrected chi connectivity index (χ0v) is 15.2. The Hall–Kier alpha value is -3.54. The van der Waals surface area contributed by atoms with Crippen LogP contribution in [0.25, 0.3) is 22.8 Å². The van der Waals surface area contributed by atoms with Crippen LogP contribution >= 0.6 is 0 Å². The Morgan fingerprint density at radius 2 is 2.00 bits per heavy atom. The molecule has 0 aliphatic heterocycles. The van der Waals surface area contributed by atoms with Crippen LogP contribution in [0.1, 0.15) is 10.4 Å². The third-order valence-electron chi connectivity index (χ3n) is 3.99. The molecule has 0 saturated carbocycles. The van der Waals surface area contributed by atoms with Crippen molar-refractivity contribution in [3.05, 3.63) is 66.9 Å². The van der Waals surface area contributed by atoms with Crippen LogP contribution in [0.5, 0.6) is 11.5 Å². The lowest BCUT2D eigenvalue weighted by Gasteiger charge is -2.08. The molecule has 0 unspecified atom stereocenters. The predicted octanol–water partition coefficient (Wildman–Crippen LogP) is 3.94. The summed E-state index contributed by atoms with van der Waals surface area (Å²) in [7, 11) is 3.17. The topological polar surface area (TPSA) is 73.6 Å². The first-order valence-corrected chi connectivity index (χ1v) is 8.34. The van der Waals surface area contributed by atoms with Gasteiger partial charge in [-0.1, -0.05) is 18.2 Å². The summed E-state index contributed by atoms with van der Waals surface area (Å²) in [6.07, 6.45) is 3.23. The van der Waals surface area contributed by atoms with Crippen molar-refractivity contribution >= 4 is 5.91 Å². The number of nitrogens with one attached hydrogen (secondary N) is 1. The summed E-state index contributed by atoms with van der Waals surface area (Å²) >= 11 is 0. The van der Waals surface area contributed by atoms with Crippen LogP contribution in [0.3, 0.4) is 0 Å². The summed E-state index contributed by atoms with van der Waals surface area (Å²) in [6, 6.07) is 12.6. The molecule has 0 atom stereocenters. The lowest BCUT2D eigenvalue weighted by molar-refractivity contribution is 0.0958. The second-order valence-electron chi connectivity index (χ2n) is 5.64. The molecule has 6 heteroatoms. The van der Waals surface area contributed by atoms with Crippen molar-refractivity contribution in [3.8, 4) is 34.3 Å². The predicted molar refractivity (Wildman–Crippen MR) is 103 cm³/mol. The van der Waals surface area contributed by atoms with Gasteiger partial charge in [0.05, 0.1) is 31.5 Å². The number of ether oxygens (including phenoxy) is 2. The first kappa shape index (κ1) is 18.3. The first-order chi connectivity index (χ1) is 13.2. The van der Waals surface area contributed by atoms with E-state index in [1.54, 1.807) is 50.8 Å². The van der Waals surface area contributed by atoms with Gasteiger partial charge in [-0.15, -0.1) is 6.58 Å². The van der Waals surface area contributed by atoms with Gasteiger partial charge in [0.1, 0.15) is 11.5 Å². The van der Waals surface area contributed by atoms with Crippen LogP contribution in [0.4, 0.5) is 0 Å². The number of benzene rings is 2. The SMILES string of the molecule is C=CCNC(=O)c1ccccc1-c1ncc(-c2ccc(OC)cc2OC)o1. The van der Waals surface area contributed by atoms with Crippen LogP contribution in [0, 0.1) is 0 Å². The van der Waals surface area contributed by atoms with Gasteiger partial charge >= 0.3 is 0 Å². The summed E-state index contributed by atoms with van der Waals surface area (Å²) in [5.41, 5.74) is 1.83. The number of hydrogen-bond acceptors (Lipinski definition) is 5. The molecule has 138 valence electrons. The molecule has 3 rings (SSSR count). The fourth-order valence-electron chi connectivity index (χ4n) is 2.65. The molecule has 1 aromatic heterocycles. The average molecular weight is 364 g/mol. The van der Waals surface area contributed by atoms with E-state index in [0.717, 1.165) is 5.56 Å². The molecule has 3 aromatic rings. The fraction of sp³-hybridized carbons (Fsp3) is 0.143. The number of oxazole rings is 1. The van der Waals surface area contributed by atoms with Gasteiger partial charge in [0.15, 0.2) is 5.76 Å². The molecule has 0 spiro atoms. The highest BCUT2D eigenvalue weighted by atomic mass is 16.5. The number of carbonyl (C=O) groups is 1. The van der Waals surface area contributed by atoms with E-state index >= 15 is 0 Å². The Morgan fingerprint density at radius 3 is 2.74 bits per heavy atom. The summed E-state index contributed by atoms with van der Waals surface area (Å²) in [4.78, 5) is 16.7. The van der Waals surface area contributed by atoms with E-state index in [1.165, 1.54) is 0 Å². The molecule has 0 bridgehead atoms. The van der Waals surface area contributed by atoms with Gasteiger partial charge in [-0.05, 0) is 24.3 Å². The lowest BCUT2D eigenvalue weighted by Crippen LogP contribution is -2.23. The molecule has 1 amide bonds. The second-order valence-corrected chi connectivity index (χ2v) is 5.64. The fourth-order valence-corrected chi connectivity index (χ4v) is 2.65. The van der Waals surface area contributed by atoms with E-state index in [1.807, 2.05) is 18.2 Å². The monoisotopic (exact) mass is 364 g/mol. The lowest BCUT2D eigenvalue weighted by atomic mass is 10.1. The van der Waals surface area contributed by atoms with Crippen LogP contribution in [-0.4, -0.2) is 31.7 Å². The number of nitrogens with zero attached hydrogens (tertiary/aromatic N) is 1. The maximum Gasteiger partial charge on any atom is 0.252 e. The van der Waals surface area contributed by atoms with E-state index in [4.69, 9.17) is 13.9 Å². The highest BCUT2D eigenvalue weighted by Gasteiger charge is 2.18. The first-order valence-electron chi connectivity index (χ1n) is 8.34. The third-order valence-corrected chi connectivity index (χ3v) is 3.99. The molecular formula is C21H20N2O4. The van der Waals surface area contributed by atoms with E-state index < -0.39 is 0 Å². The highest BCUT2D eigenvalue weighted by Crippen LogP contribution is 2.35. The maximum atomic E-state index is 12.4. The Bertz CT molecular complexity index is 962. The van der Waals surface area contributed by atoms with E-state index in [9.17, 15) is 4.79 Å². The summed E-state index contributed by atoms with van der Waals surface area (Å²) < 4.78 is 16.6. The van der Waals surface area contributed by atoms with E-state index in [-0.39, 0.29) is 5.91 Å². The van der Waals surface area contributed by atoms with Crippen molar-refractivity contribution in [2.75, 3.05) is 20.8 Å². The molecule has 0 radical (unpaired) electrons. The minimum absolute atomic E-state index is 0.215. The van der Waals surface area contributed by atoms with Crippen LogP contribution in [-0.2, 0) is 0 Å². The van der Waals surface area contributed by atoms with Crippen molar-refractivity contribution in [2.24, 2.45) is 0 Å². The Kier molecular flexibility index (Phi) is 5.56. The van der Waals surface area contributed by atoms with Gasteiger partial charge < -0.3 is 19.2 Å². The molecule has 0 aliphatic rings. The minimum atomic E-state index is -0.215. The molecule has 1 heterocycles. The molecule has 6 nitrogen and oxygen atoms in total. The van der Waals surface area contributed by atoms with Crippen molar-refractivity contribution in [1.29, 1.82) is 0 Å². The van der Waals surface area contributed by atoms with Gasteiger partial charge in [0.25, 0.3) is 5.91 Å². The zero-order chi connectivity index (χ0) is 19.2. The zero-order valence-electron chi connectivity index (χ0n) is 15.2. The summed E-state index contributed by atoms with van der Waals surface area (Å²) in [5.74, 6) is 1.96. The van der Waals surface area contributed by atoms with Crippen molar-refractivity contribution in [1.82, 2.24) is 10.3 Å². The molecule has 0 saturated heterocycles. The number of amides is 1. The number of hydrogen-bond donors (Lipinski definition) is 1. The normalized spacial score (nSPS) is 10.3. The average Bonchev–Trinajstić information content (AvgIpc) is 3.21. The van der Waals surface area contributed by atoms with E-state index in [2.05, 4.69) is 16.9 Å². The largest absolute Gasteiger partial charge is 0.497 e. The summed E-state index contributed by atoms with van der Waals surface area (Å²) in [5, 5.41) is 2.77. The smallest absolute Gasteiger partial charge is 0.252 e.